The third-order valence-electron chi connectivity index (χ3n) is 2.94. The zero-order valence-corrected chi connectivity index (χ0v) is 11.8. The third kappa shape index (κ3) is 9.12. The number of carbonyl (C=O) groups is 1. The molecule has 0 rings (SSSR count). The molecule has 0 saturated carbocycles. The van der Waals surface area contributed by atoms with Crippen molar-refractivity contribution >= 4 is 5.91 Å². The molecule has 1 unspecified atom stereocenters. The maximum absolute atomic E-state index is 11.8. The Hall–Kier alpha value is -0.610. The standard InChI is InChI=1S/C13H28N2O2/c1-5-7-9-12(6-2)13(16)14-10-8-11-15(3,4)17/h12H,5-11H2,1-4H3,(H,14,16). The number of nitrogens with zero attached hydrogens (tertiary/aromatic N) is 1. The van der Waals surface area contributed by atoms with Crippen LogP contribution in [0.5, 0.6) is 0 Å². The van der Waals surface area contributed by atoms with Gasteiger partial charge in [0, 0.05) is 18.9 Å². The van der Waals surface area contributed by atoms with E-state index in [2.05, 4.69) is 19.2 Å². The summed E-state index contributed by atoms with van der Waals surface area (Å²) < 4.78 is -0.289. The molecule has 17 heavy (non-hydrogen) atoms. The zero-order chi connectivity index (χ0) is 13.3. The molecule has 4 heteroatoms. The van der Waals surface area contributed by atoms with Gasteiger partial charge < -0.3 is 15.2 Å². The topological polar surface area (TPSA) is 52.2 Å². The molecule has 0 aliphatic rings. The fraction of sp³-hybridized carbons (Fsp3) is 0.923. The van der Waals surface area contributed by atoms with E-state index in [-0.39, 0.29) is 16.5 Å². The second-order valence-electron chi connectivity index (χ2n) is 5.19. The largest absolute Gasteiger partial charge is 0.633 e. The minimum Gasteiger partial charge on any atom is -0.633 e. The van der Waals surface area contributed by atoms with Crippen LogP contribution in [0.2, 0.25) is 0 Å². The van der Waals surface area contributed by atoms with Gasteiger partial charge in [0.05, 0.1) is 20.6 Å². The van der Waals surface area contributed by atoms with E-state index in [1.165, 1.54) is 0 Å². The highest BCUT2D eigenvalue weighted by Gasteiger charge is 2.15. The molecule has 0 aromatic heterocycles. The molecule has 0 heterocycles. The third-order valence-corrected chi connectivity index (χ3v) is 2.94. The van der Waals surface area contributed by atoms with E-state index in [1.807, 2.05) is 0 Å². The number of amides is 1. The fourth-order valence-electron chi connectivity index (χ4n) is 1.79. The Kier molecular flexibility index (Phi) is 8.17. The number of hydrogen-bond donors (Lipinski definition) is 1. The van der Waals surface area contributed by atoms with Crippen LogP contribution in [-0.4, -0.2) is 37.7 Å². The number of quaternary nitrogens is 1. The Morgan fingerprint density at radius 2 is 1.94 bits per heavy atom. The lowest BCUT2D eigenvalue weighted by Crippen LogP contribution is -2.37. The van der Waals surface area contributed by atoms with Crippen LogP contribution in [0.25, 0.3) is 0 Å². The molecule has 0 aliphatic carbocycles. The summed E-state index contributed by atoms with van der Waals surface area (Å²) in [5.41, 5.74) is 0. The summed E-state index contributed by atoms with van der Waals surface area (Å²) in [6.07, 6.45) is 4.85. The van der Waals surface area contributed by atoms with Crippen LogP contribution in [0.3, 0.4) is 0 Å². The fourth-order valence-corrected chi connectivity index (χ4v) is 1.79. The van der Waals surface area contributed by atoms with Gasteiger partial charge in [-0.1, -0.05) is 26.7 Å². The van der Waals surface area contributed by atoms with Crippen LogP contribution >= 0.6 is 0 Å². The van der Waals surface area contributed by atoms with E-state index >= 15 is 0 Å². The van der Waals surface area contributed by atoms with Crippen molar-refractivity contribution in [1.82, 2.24) is 5.32 Å². The molecule has 0 saturated heterocycles. The van der Waals surface area contributed by atoms with Crippen LogP contribution < -0.4 is 5.32 Å². The van der Waals surface area contributed by atoms with Gasteiger partial charge in [0.25, 0.3) is 0 Å². The molecule has 0 aromatic rings. The highest BCUT2D eigenvalue weighted by atomic mass is 16.5. The number of unbranched alkanes of at least 4 members (excludes halogenated alkanes) is 1. The number of rotatable bonds is 9. The molecule has 102 valence electrons. The zero-order valence-electron chi connectivity index (χ0n) is 11.8. The summed E-state index contributed by atoms with van der Waals surface area (Å²) in [5, 5.41) is 14.2. The summed E-state index contributed by atoms with van der Waals surface area (Å²) in [5.74, 6) is 0.293. The molecular weight excluding hydrogens is 216 g/mol. The van der Waals surface area contributed by atoms with Gasteiger partial charge in [-0.15, -0.1) is 0 Å². The summed E-state index contributed by atoms with van der Waals surface area (Å²) in [7, 11) is 3.25. The molecule has 1 atom stereocenters. The van der Waals surface area contributed by atoms with Crippen LogP contribution in [0, 0.1) is 11.1 Å². The van der Waals surface area contributed by atoms with Gasteiger partial charge in [0.2, 0.25) is 5.91 Å². The Morgan fingerprint density at radius 1 is 1.29 bits per heavy atom. The minimum absolute atomic E-state index is 0.143. The lowest BCUT2D eigenvalue weighted by atomic mass is 9.98. The van der Waals surface area contributed by atoms with E-state index in [9.17, 15) is 10.0 Å². The first-order chi connectivity index (χ1) is 7.90. The van der Waals surface area contributed by atoms with Gasteiger partial charge in [0.15, 0.2) is 0 Å². The SMILES string of the molecule is CCCCC(CC)C(=O)NCCC[N+](C)(C)[O-]. The van der Waals surface area contributed by atoms with Crippen molar-refractivity contribution in [2.45, 2.75) is 46.0 Å². The van der Waals surface area contributed by atoms with E-state index in [1.54, 1.807) is 14.1 Å². The van der Waals surface area contributed by atoms with Crippen molar-refractivity contribution in [2.75, 3.05) is 27.2 Å². The average Bonchev–Trinajstić information content (AvgIpc) is 2.24. The Morgan fingerprint density at radius 3 is 2.41 bits per heavy atom. The molecular formula is C13H28N2O2. The monoisotopic (exact) mass is 244 g/mol. The van der Waals surface area contributed by atoms with Gasteiger partial charge in [-0.05, 0) is 12.8 Å². The number of hydrogen-bond acceptors (Lipinski definition) is 2. The van der Waals surface area contributed by atoms with E-state index in [4.69, 9.17) is 0 Å². The first kappa shape index (κ1) is 16.4. The van der Waals surface area contributed by atoms with Crippen LogP contribution in [0.15, 0.2) is 0 Å². The van der Waals surface area contributed by atoms with Crippen LogP contribution in [0.1, 0.15) is 46.0 Å². The molecule has 0 fully saturated rings. The average molecular weight is 244 g/mol. The normalized spacial score (nSPS) is 13.5. The molecule has 4 nitrogen and oxygen atoms in total. The lowest BCUT2D eigenvalue weighted by Gasteiger charge is -2.33. The Bertz CT molecular complexity index is 212. The molecule has 1 N–H and O–H groups in total. The van der Waals surface area contributed by atoms with Crippen molar-refractivity contribution in [3.05, 3.63) is 5.21 Å². The van der Waals surface area contributed by atoms with Crippen molar-refractivity contribution < 1.29 is 9.44 Å². The highest BCUT2D eigenvalue weighted by Crippen LogP contribution is 2.12. The molecule has 0 aliphatic heterocycles. The van der Waals surface area contributed by atoms with Gasteiger partial charge >= 0.3 is 0 Å². The summed E-state index contributed by atoms with van der Waals surface area (Å²) >= 11 is 0. The van der Waals surface area contributed by atoms with Crippen LogP contribution in [-0.2, 0) is 4.79 Å². The number of hydroxylamine groups is 3. The maximum atomic E-state index is 11.8. The molecule has 0 radical (unpaired) electrons. The smallest absolute Gasteiger partial charge is 0.223 e. The number of carbonyl (C=O) groups excluding carboxylic acids is 1. The molecule has 1 amide bonds. The van der Waals surface area contributed by atoms with E-state index < -0.39 is 0 Å². The Labute approximate surface area is 106 Å². The second-order valence-corrected chi connectivity index (χ2v) is 5.19. The molecule has 0 bridgehead atoms. The van der Waals surface area contributed by atoms with Gasteiger partial charge in [-0.3, -0.25) is 4.79 Å². The molecule has 0 spiro atoms. The van der Waals surface area contributed by atoms with Crippen molar-refractivity contribution in [3.8, 4) is 0 Å². The summed E-state index contributed by atoms with van der Waals surface area (Å²) in [6.45, 7) is 5.35. The summed E-state index contributed by atoms with van der Waals surface area (Å²) in [4.78, 5) is 11.8. The van der Waals surface area contributed by atoms with E-state index in [0.29, 0.717) is 13.1 Å². The lowest BCUT2D eigenvalue weighted by molar-refractivity contribution is -0.840. The van der Waals surface area contributed by atoms with Crippen molar-refractivity contribution in [3.63, 3.8) is 0 Å². The summed E-state index contributed by atoms with van der Waals surface area (Å²) in [6, 6.07) is 0. The minimum atomic E-state index is -0.289. The maximum Gasteiger partial charge on any atom is 0.223 e. The first-order valence-corrected chi connectivity index (χ1v) is 6.72. The van der Waals surface area contributed by atoms with Crippen LogP contribution in [0.4, 0.5) is 0 Å². The van der Waals surface area contributed by atoms with Crippen molar-refractivity contribution in [1.29, 1.82) is 0 Å². The Balaban J connectivity index is 3.75. The van der Waals surface area contributed by atoms with Gasteiger partial charge in [0.1, 0.15) is 0 Å². The van der Waals surface area contributed by atoms with E-state index in [0.717, 1.165) is 32.1 Å². The highest BCUT2D eigenvalue weighted by molar-refractivity contribution is 5.78. The molecule has 0 aromatic carbocycles. The quantitative estimate of drug-likeness (QED) is 0.384. The van der Waals surface area contributed by atoms with Crippen molar-refractivity contribution in [2.24, 2.45) is 5.92 Å². The predicted molar refractivity (Wildman–Crippen MR) is 71.3 cm³/mol. The number of nitrogens with one attached hydrogen (secondary N) is 1. The van der Waals surface area contributed by atoms with Gasteiger partial charge in [-0.25, -0.2) is 0 Å². The second kappa shape index (κ2) is 8.48. The van der Waals surface area contributed by atoms with Gasteiger partial charge in [-0.2, -0.15) is 0 Å². The first-order valence-electron chi connectivity index (χ1n) is 6.72. The predicted octanol–water partition coefficient (Wildman–Crippen LogP) is 2.28.